The van der Waals surface area contributed by atoms with Crippen molar-refractivity contribution < 1.29 is 13.2 Å². The minimum Gasteiger partial charge on any atom is -0.373 e. The molecule has 0 amide bonds. The molecule has 0 bridgehead atoms. The van der Waals surface area contributed by atoms with Gasteiger partial charge in [-0.2, -0.15) is 18.3 Å². The summed E-state index contributed by atoms with van der Waals surface area (Å²) in [5, 5.41) is 10.2. The van der Waals surface area contributed by atoms with Gasteiger partial charge in [0, 0.05) is 30.6 Å². The second-order valence-corrected chi connectivity index (χ2v) is 6.80. The molecule has 2 aromatic heterocycles. The van der Waals surface area contributed by atoms with E-state index < -0.39 is 11.7 Å². The van der Waals surface area contributed by atoms with Gasteiger partial charge in [-0.05, 0) is 24.1 Å². The van der Waals surface area contributed by atoms with Gasteiger partial charge < -0.3 is 11.1 Å². The zero-order valence-corrected chi connectivity index (χ0v) is 14.8. The first-order valence-corrected chi connectivity index (χ1v) is 8.80. The van der Waals surface area contributed by atoms with Gasteiger partial charge in [0.15, 0.2) is 5.82 Å². The van der Waals surface area contributed by atoms with Crippen LogP contribution in [0.2, 0.25) is 0 Å². The van der Waals surface area contributed by atoms with Gasteiger partial charge >= 0.3 is 6.18 Å². The third-order valence-corrected chi connectivity index (χ3v) is 4.80. The van der Waals surface area contributed by atoms with E-state index in [2.05, 4.69) is 15.4 Å². The van der Waals surface area contributed by atoms with E-state index in [4.69, 9.17) is 5.73 Å². The van der Waals surface area contributed by atoms with Crippen molar-refractivity contribution in [2.45, 2.75) is 18.6 Å². The molecule has 5 nitrogen and oxygen atoms in total. The lowest BCUT2D eigenvalue weighted by molar-refractivity contribution is -0.137. The second-order valence-electron chi connectivity index (χ2n) is 5.89. The van der Waals surface area contributed by atoms with E-state index in [1.807, 2.05) is 18.5 Å². The molecule has 0 fully saturated rings. The van der Waals surface area contributed by atoms with E-state index in [9.17, 15) is 13.2 Å². The Hall–Kier alpha value is -2.39. The normalized spacial score (nSPS) is 13.0. The summed E-state index contributed by atoms with van der Waals surface area (Å²) in [4.78, 5) is 4.20. The molecule has 0 saturated carbocycles. The highest BCUT2D eigenvalue weighted by atomic mass is 32.1. The summed E-state index contributed by atoms with van der Waals surface area (Å²) in [7, 11) is 1.81. The van der Waals surface area contributed by atoms with Crippen molar-refractivity contribution in [3.63, 3.8) is 0 Å². The molecule has 0 unspecified atom stereocenters. The summed E-state index contributed by atoms with van der Waals surface area (Å²) in [6, 6.07) is 7.10. The van der Waals surface area contributed by atoms with Crippen molar-refractivity contribution in [2.24, 2.45) is 12.8 Å². The van der Waals surface area contributed by atoms with Gasteiger partial charge in [0.1, 0.15) is 6.33 Å². The number of alkyl halides is 3. The van der Waals surface area contributed by atoms with Crippen LogP contribution >= 0.6 is 11.3 Å². The van der Waals surface area contributed by atoms with Crippen molar-refractivity contribution in [3.05, 3.63) is 53.2 Å². The number of aromatic nitrogens is 3. The van der Waals surface area contributed by atoms with Crippen molar-refractivity contribution in [1.82, 2.24) is 14.8 Å². The molecule has 1 atom stereocenters. The lowest BCUT2D eigenvalue weighted by Gasteiger charge is -2.17. The average molecular weight is 381 g/mol. The SMILES string of the molecule is Cn1ncnc1-c1csc(N[C@H](CN)Cc2cccc(C(F)(F)F)c2)c1. The Morgan fingerprint density at radius 2 is 2.12 bits per heavy atom. The molecule has 0 spiro atoms. The van der Waals surface area contributed by atoms with E-state index in [1.54, 1.807) is 10.7 Å². The van der Waals surface area contributed by atoms with Gasteiger partial charge in [0.05, 0.1) is 10.6 Å². The van der Waals surface area contributed by atoms with E-state index in [0.29, 0.717) is 18.5 Å². The highest BCUT2D eigenvalue weighted by Crippen LogP contribution is 2.30. The number of nitrogens with zero attached hydrogens (tertiary/aromatic N) is 3. The Bertz CT molecular complexity index is 871. The van der Waals surface area contributed by atoms with Crippen LogP contribution in [0.4, 0.5) is 18.2 Å². The van der Waals surface area contributed by atoms with Gasteiger partial charge in [-0.3, -0.25) is 0 Å². The van der Waals surface area contributed by atoms with E-state index in [1.165, 1.54) is 29.8 Å². The largest absolute Gasteiger partial charge is 0.416 e. The highest BCUT2D eigenvalue weighted by molar-refractivity contribution is 7.14. The quantitative estimate of drug-likeness (QED) is 0.685. The van der Waals surface area contributed by atoms with Crippen molar-refractivity contribution in [1.29, 1.82) is 0 Å². The van der Waals surface area contributed by atoms with Crippen LogP contribution in [-0.4, -0.2) is 27.4 Å². The molecule has 0 aliphatic rings. The zero-order chi connectivity index (χ0) is 18.7. The van der Waals surface area contributed by atoms with Crippen LogP contribution in [0.15, 0.2) is 42.0 Å². The summed E-state index contributed by atoms with van der Waals surface area (Å²) >= 11 is 1.49. The maximum absolute atomic E-state index is 12.9. The van der Waals surface area contributed by atoms with Crippen LogP contribution < -0.4 is 11.1 Å². The fourth-order valence-corrected chi connectivity index (χ4v) is 3.50. The molecule has 138 valence electrons. The third kappa shape index (κ3) is 4.23. The van der Waals surface area contributed by atoms with Gasteiger partial charge in [-0.1, -0.05) is 18.2 Å². The summed E-state index contributed by atoms with van der Waals surface area (Å²) in [6.45, 7) is 0.299. The van der Waals surface area contributed by atoms with Crippen molar-refractivity contribution in [3.8, 4) is 11.4 Å². The molecule has 2 heterocycles. The maximum atomic E-state index is 12.9. The first kappa shape index (κ1) is 18.4. The Morgan fingerprint density at radius 3 is 2.77 bits per heavy atom. The molecule has 3 rings (SSSR count). The second kappa shape index (κ2) is 7.46. The maximum Gasteiger partial charge on any atom is 0.416 e. The number of nitrogens with two attached hydrogens (primary N) is 1. The Morgan fingerprint density at radius 1 is 1.31 bits per heavy atom. The topological polar surface area (TPSA) is 68.8 Å². The number of hydrogen-bond donors (Lipinski definition) is 2. The first-order chi connectivity index (χ1) is 12.4. The lowest BCUT2D eigenvalue weighted by Crippen LogP contribution is -2.30. The van der Waals surface area contributed by atoms with Gasteiger partial charge in [-0.25, -0.2) is 9.67 Å². The number of anilines is 1. The van der Waals surface area contributed by atoms with Crippen molar-refractivity contribution in [2.75, 3.05) is 11.9 Å². The minimum absolute atomic E-state index is 0.176. The fourth-order valence-electron chi connectivity index (χ4n) is 2.64. The highest BCUT2D eigenvalue weighted by Gasteiger charge is 2.30. The number of nitrogens with one attached hydrogen (secondary N) is 1. The first-order valence-electron chi connectivity index (χ1n) is 7.92. The number of thiophene rings is 1. The lowest BCUT2D eigenvalue weighted by atomic mass is 10.0. The molecule has 0 radical (unpaired) electrons. The number of benzene rings is 1. The molecule has 0 saturated heterocycles. The molecule has 0 aliphatic carbocycles. The van der Waals surface area contributed by atoms with E-state index in [0.717, 1.165) is 22.5 Å². The van der Waals surface area contributed by atoms with Gasteiger partial charge in [-0.15, -0.1) is 11.3 Å². The van der Waals surface area contributed by atoms with E-state index >= 15 is 0 Å². The minimum atomic E-state index is -4.35. The molecule has 26 heavy (non-hydrogen) atoms. The number of halogens is 3. The van der Waals surface area contributed by atoms with Crippen LogP contribution in [0.25, 0.3) is 11.4 Å². The molecule has 1 aromatic carbocycles. The van der Waals surface area contributed by atoms with E-state index in [-0.39, 0.29) is 6.04 Å². The third-order valence-electron chi connectivity index (χ3n) is 3.94. The van der Waals surface area contributed by atoms with Crippen LogP contribution in [0.1, 0.15) is 11.1 Å². The number of aryl methyl sites for hydroxylation is 1. The average Bonchev–Trinajstić information content (AvgIpc) is 3.22. The zero-order valence-electron chi connectivity index (χ0n) is 14.0. The Kier molecular flexibility index (Phi) is 5.28. The van der Waals surface area contributed by atoms with Crippen LogP contribution in [0.5, 0.6) is 0 Å². The van der Waals surface area contributed by atoms with Gasteiger partial charge in [0.2, 0.25) is 0 Å². The molecule has 3 aromatic rings. The van der Waals surface area contributed by atoms with Crippen molar-refractivity contribution >= 4 is 16.3 Å². The molecular weight excluding hydrogens is 363 g/mol. The summed E-state index contributed by atoms with van der Waals surface area (Å²) in [6.07, 6.45) is -2.46. The molecule has 0 aliphatic heterocycles. The smallest absolute Gasteiger partial charge is 0.373 e. The number of hydrogen-bond acceptors (Lipinski definition) is 5. The predicted molar refractivity (Wildman–Crippen MR) is 95.9 cm³/mol. The molecule has 3 N–H and O–H groups in total. The fraction of sp³-hybridized carbons (Fsp3) is 0.294. The Labute approximate surface area is 152 Å². The summed E-state index contributed by atoms with van der Waals surface area (Å²) in [5.74, 6) is 0.747. The Balaban J connectivity index is 1.71. The summed E-state index contributed by atoms with van der Waals surface area (Å²) in [5.41, 5.74) is 6.68. The monoisotopic (exact) mass is 381 g/mol. The van der Waals surface area contributed by atoms with Crippen LogP contribution in [0, 0.1) is 0 Å². The predicted octanol–water partition coefficient (Wildman–Crippen LogP) is 3.54. The van der Waals surface area contributed by atoms with Gasteiger partial charge in [0.25, 0.3) is 0 Å². The standard InChI is InChI=1S/C17H18F3N5S/c1-25-16(22-10-23-25)12-7-15(26-9-12)24-14(8-21)6-11-3-2-4-13(5-11)17(18,19)20/h2-5,7,9-10,14,24H,6,8,21H2,1H3/t14-/m0/s1. The number of rotatable bonds is 6. The van der Waals surface area contributed by atoms with Crippen LogP contribution in [-0.2, 0) is 19.6 Å². The van der Waals surface area contributed by atoms with Crippen LogP contribution in [0.3, 0.4) is 0 Å². The summed E-state index contributed by atoms with van der Waals surface area (Å²) < 4.78 is 40.2. The molecular formula is C17H18F3N5S. The molecule has 9 heteroatoms.